The number of ether oxygens (including phenoxy) is 1. The quantitative estimate of drug-likeness (QED) is 0.615. The van der Waals surface area contributed by atoms with Crippen molar-refractivity contribution >= 4 is 29.2 Å². The fraction of sp³-hybridized carbons (Fsp3) is 0.211. The van der Waals surface area contributed by atoms with Crippen molar-refractivity contribution in [2.24, 2.45) is 0 Å². The summed E-state index contributed by atoms with van der Waals surface area (Å²) in [5.74, 6) is -0.389. The van der Waals surface area contributed by atoms with Crippen molar-refractivity contribution in [3.63, 3.8) is 0 Å². The molecule has 2 aromatic rings. The van der Waals surface area contributed by atoms with E-state index in [1.54, 1.807) is 36.4 Å². The normalized spacial score (nSPS) is 11.6. The Kier molecular flexibility index (Phi) is 5.45. The largest absolute Gasteiger partial charge is 0.490 e. The molecule has 23 heavy (non-hydrogen) atoms. The second-order valence-corrected chi connectivity index (χ2v) is 6.01. The molecule has 0 heterocycles. The summed E-state index contributed by atoms with van der Waals surface area (Å²) in [6, 6.07) is 12.5. The molecule has 2 rings (SSSR count). The maximum absolute atomic E-state index is 11.7. The lowest BCUT2D eigenvalue weighted by atomic mass is 10.0. The highest BCUT2D eigenvalue weighted by Gasteiger charge is 2.13. The van der Waals surface area contributed by atoms with E-state index >= 15 is 0 Å². The third-order valence-corrected chi connectivity index (χ3v) is 3.46. The zero-order valence-electron chi connectivity index (χ0n) is 13.3. The number of carboxylic acid groups (broad SMARTS) is 1. The number of carboxylic acids is 1. The van der Waals surface area contributed by atoms with E-state index in [0.29, 0.717) is 21.9 Å². The second-order valence-electron chi connectivity index (χ2n) is 5.58. The van der Waals surface area contributed by atoms with Gasteiger partial charge < -0.3 is 9.84 Å². The maximum atomic E-state index is 11.7. The van der Waals surface area contributed by atoms with Crippen LogP contribution in [0.4, 0.5) is 0 Å². The van der Waals surface area contributed by atoms with Crippen molar-refractivity contribution in [1.29, 1.82) is 0 Å². The smallest absolute Gasteiger partial charge is 0.336 e. The molecule has 2 aromatic carbocycles. The highest BCUT2D eigenvalue weighted by molar-refractivity contribution is 6.31. The molecular weight excluding hydrogens is 312 g/mol. The van der Waals surface area contributed by atoms with Crippen molar-refractivity contribution < 1.29 is 14.6 Å². The van der Waals surface area contributed by atoms with Crippen LogP contribution in [0, 0.1) is 6.92 Å². The lowest BCUT2D eigenvalue weighted by Gasteiger charge is -2.13. The molecule has 0 aliphatic rings. The van der Waals surface area contributed by atoms with E-state index in [4.69, 9.17) is 16.3 Å². The molecule has 0 unspecified atom stereocenters. The summed E-state index contributed by atoms with van der Waals surface area (Å²) < 4.78 is 5.74. The lowest BCUT2D eigenvalue weighted by molar-refractivity contribution is -0.130. The molecule has 0 aliphatic carbocycles. The van der Waals surface area contributed by atoms with Crippen LogP contribution in [0.5, 0.6) is 5.75 Å². The van der Waals surface area contributed by atoms with Gasteiger partial charge in [-0.05, 0) is 50.6 Å². The molecule has 0 saturated heterocycles. The summed E-state index contributed by atoms with van der Waals surface area (Å²) in [4.78, 5) is 11.7. The SMILES string of the molecule is Cc1ccc(/C(=C/c2cc(Cl)ccc2OC(C)C)C(=O)O)cc1. The molecule has 4 heteroatoms. The average molecular weight is 331 g/mol. The van der Waals surface area contributed by atoms with Crippen LogP contribution in [0.2, 0.25) is 5.02 Å². The number of aryl methyl sites for hydroxylation is 1. The molecule has 0 aliphatic heterocycles. The number of halogens is 1. The standard InChI is InChI=1S/C19H19ClO3/c1-12(2)23-18-9-8-16(20)10-15(18)11-17(19(21)22)14-6-4-13(3)5-7-14/h4-12H,1-3H3,(H,21,22)/b17-11-. The van der Waals surface area contributed by atoms with E-state index in [0.717, 1.165) is 5.56 Å². The Morgan fingerprint density at radius 1 is 1.17 bits per heavy atom. The van der Waals surface area contributed by atoms with E-state index in [9.17, 15) is 9.90 Å². The Bertz CT molecular complexity index is 731. The van der Waals surface area contributed by atoms with Crippen molar-refractivity contribution in [1.82, 2.24) is 0 Å². The molecule has 0 spiro atoms. The van der Waals surface area contributed by atoms with Crippen LogP contribution in [0.1, 0.15) is 30.5 Å². The van der Waals surface area contributed by atoms with E-state index in [-0.39, 0.29) is 11.7 Å². The Balaban J connectivity index is 2.53. The van der Waals surface area contributed by atoms with Gasteiger partial charge in [-0.1, -0.05) is 41.4 Å². The first kappa shape index (κ1) is 17.1. The minimum absolute atomic E-state index is 0.0176. The molecule has 1 N–H and O–H groups in total. The summed E-state index contributed by atoms with van der Waals surface area (Å²) in [6.45, 7) is 5.79. The monoisotopic (exact) mass is 330 g/mol. The molecule has 0 bridgehead atoms. The Labute approximate surface area is 141 Å². The number of rotatable bonds is 5. The molecule has 120 valence electrons. The molecule has 0 radical (unpaired) electrons. The summed E-state index contributed by atoms with van der Waals surface area (Å²) >= 11 is 6.05. The first-order chi connectivity index (χ1) is 10.9. The van der Waals surface area contributed by atoms with Gasteiger partial charge in [0.05, 0.1) is 11.7 Å². The van der Waals surface area contributed by atoms with Gasteiger partial charge >= 0.3 is 5.97 Å². The van der Waals surface area contributed by atoms with Crippen LogP contribution in [-0.2, 0) is 4.79 Å². The van der Waals surface area contributed by atoms with Gasteiger partial charge in [0.2, 0.25) is 0 Å². The van der Waals surface area contributed by atoms with Crippen molar-refractivity contribution in [2.45, 2.75) is 26.9 Å². The molecule has 0 amide bonds. The number of hydrogen-bond donors (Lipinski definition) is 1. The van der Waals surface area contributed by atoms with Gasteiger partial charge in [-0.25, -0.2) is 4.79 Å². The topological polar surface area (TPSA) is 46.5 Å². The minimum atomic E-state index is -0.996. The van der Waals surface area contributed by atoms with E-state index in [1.807, 2.05) is 32.9 Å². The van der Waals surface area contributed by atoms with Gasteiger partial charge in [-0.15, -0.1) is 0 Å². The van der Waals surface area contributed by atoms with Gasteiger partial charge in [0.25, 0.3) is 0 Å². The van der Waals surface area contributed by atoms with E-state index < -0.39 is 5.97 Å². The van der Waals surface area contributed by atoms with Crippen LogP contribution in [0.15, 0.2) is 42.5 Å². The fourth-order valence-electron chi connectivity index (χ4n) is 2.15. The van der Waals surface area contributed by atoms with Gasteiger partial charge in [0, 0.05) is 10.6 Å². The van der Waals surface area contributed by atoms with Crippen molar-refractivity contribution in [2.75, 3.05) is 0 Å². The van der Waals surface area contributed by atoms with E-state index in [2.05, 4.69) is 0 Å². The maximum Gasteiger partial charge on any atom is 0.336 e. The first-order valence-electron chi connectivity index (χ1n) is 7.35. The van der Waals surface area contributed by atoms with Crippen molar-refractivity contribution in [3.8, 4) is 5.75 Å². The summed E-state index contributed by atoms with van der Waals surface area (Å²) in [5.41, 5.74) is 2.55. The highest BCUT2D eigenvalue weighted by Crippen LogP contribution is 2.28. The Hall–Kier alpha value is -2.26. The van der Waals surface area contributed by atoms with Gasteiger partial charge in [0.15, 0.2) is 0 Å². The first-order valence-corrected chi connectivity index (χ1v) is 7.73. The molecule has 3 nitrogen and oxygen atoms in total. The summed E-state index contributed by atoms with van der Waals surface area (Å²) in [5, 5.41) is 10.1. The molecule has 0 fully saturated rings. The third-order valence-electron chi connectivity index (χ3n) is 3.23. The van der Waals surface area contributed by atoms with Gasteiger partial charge in [0.1, 0.15) is 5.75 Å². The predicted octanol–water partition coefficient (Wildman–Crippen LogP) is 5.06. The average Bonchev–Trinajstić information content (AvgIpc) is 2.47. The Morgan fingerprint density at radius 2 is 1.83 bits per heavy atom. The zero-order valence-corrected chi connectivity index (χ0v) is 14.1. The molecule has 0 atom stereocenters. The van der Waals surface area contributed by atoms with Gasteiger partial charge in [-0.2, -0.15) is 0 Å². The van der Waals surface area contributed by atoms with Crippen LogP contribution in [-0.4, -0.2) is 17.2 Å². The minimum Gasteiger partial charge on any atom is -0.490 e. The summed E-state index contributed by atoms with van der Waals surface area (Å²) in [6.07, 6.45) is 1.58. The third kappa shape index (κ3) is 4.60. The predicted molar refractivity (Wildman–Crippen MR) is 93.9 cm³/mol. The van der Waals surface area contributed by atoms with Crippen LogP contribution in [0.3, 0.4) is 0 Å². The summed E-state index contributed by atoms with van der Waals surface area (Å²) in [7, 11) is 0. The Morgan fingerprint density at radius 3 is 2.39 bits per heavy atom. The van der Waals surface area contributed by atoms with Crippen molar-refractivity contribution in [3.05, 3.63) is 64.2 Å². The van der Waals surface area contributed by atoms with E-state index in [1.165, 1.54) is 0 Å². The second kappa shape index (κ2) is 7.34. The van der Waals surface area contributed by atoms with Crippen LogP contribution >= 0.6 is 11.6 Å². The lowest BCUT2D eigenvalue weighted by Crippen LogP contribution is -2.07. The number of benzene rings is 2. The fourth-order valence-corrected chi connectivity index (χ4v) is 2.33. The number of hydrogen-bond acceptors (Lipinski definition) is 2. The molecular formula is C19H19ClO3. The van der Waals surface area contributed by atoms with Gasteiger partial charge in [-0.3, -0.25) is 0 Å². The number of carbonyl (C=O) groups is 1. The van der Waals surface area contributed by atoms with Crippen LogP contribution in [0.25, 0.3) is 11.6 Å². The molecule has 0 aromatic heterocycles. The van der Waals surface area contributed by atoms with Crippen LogP contribution < -0.4 is 4.74 Å². The molecule has 0 saturated carbocycles. The highest BCUT2D eigenvalue weighted by atomic mass is 35.5. The zero-order chi connectivity index (χ0) is 17.0. The number of aliphatic carboxylic acids is 1.